The fourth-order valence-electron chi connectivity index (χ4n) is 2.47. The van der Waals surface area contributed by atoms with Gasteiger partial charge in [0.1, 0.15) is 0 Å². The summed E-state index contributed by atoms with van der Waals surface area (Å²) in [5.74, 6) is 0.781. The molecule has 0 aliphatic carbocycles. The van der Waals surface area contributed by atoms with E-state index in [0.29, 0.717) is 6.04 Å². The normalized spacial score (nSPS) is 17.3. The maximum absolute atomic E-state index is 11.1. The second-order valence-corrected chi connectivity index (χ2v) is 7.04. The van der Waals surface area contributed by atoms with Gasteiger partial charge in [0.15, 0.2) is 0 Å². The molecule has 2 unspecified atom stereocenters. The summed E-state index contributed by atoms with van der Waals surface area (Å²) in [6.07, 6.45) is 3.89. The summed E-state index contributed by atoms with van der Waals surface area (Å²) in [6.45, 7) is 4.19. The molecule has 2 rings (SSSR count). The van der Waals surface area contributed by atoms with Crippen molar-refractivity contribution in [2.75, 3.05) is 30.5 Å². The molecule has 19 heavy (non-hydrogen) atoms. The van der Waals surface area contributed by atoms with Gasteiger partial charge in [0.05, 0.1) is 0 Å². The van der Waals surface area contributed by atoms with Crippen LogP contribution in [0.4, 0.5) is 5.69 Å². The zero-order valence-electron chi connectivity index (χ0n) is 12.1. The van der Waals surface area contributed by atoms with Crippen LogP contribution in [0.25, 0.3) is 0 Å². The van der Waals surface area contributed by atoms with E-state index in [1.165, 1.54) is 16.8 Å². The van der Waals surface area contributed by atoms with Crippen molar-refractivity contribution >= 4 is 16.5 Å². The predicted octanol–water partition coefficient (Wildman–Crippen LogP) is 1.93. The van der Waals surface area contributed by atoms with Gasteiger partial charge in [-0.3, -0.25) is 4.21 Å². The Morgan fingerprint density at radius 2 is 2.26 bits per heavy atom. The van der Waals surface area contributed by atoms with Gasteiger partial charge in [-0.1, -0.05) is 12.1 Å². The minimum atomic E-state index is -0.684. The van der Waals surface area contributed by atoms with E-state index in [4.69, 9.17) is 0 Å². The van der Waals surface area contributed by atoms with Crippen LogP contribution in [-0.2, 0) is 23.8 Å². The molecule has 1 aliphatic heterocycles. The Balaban J connectivity index is 1.85. The Labute approximate surface area is 118 Å². The molecule has 0 aromatic heterocycles. The summed E-state index contributed by atoms with van der Waals surface area (Å²) in [4.78, 5) is 2.31. The summed E-state index contributed by atoms with van der Waals surface area (Å²) in [6, 6.07) is 7.17. The standard InChI is InChI=1S/C15H24N2OS/c1-12(7-9-19(3)18)16-11-13-4-5-15-14(10-13)6-8-17(15)2/h4-5,10,12,16H,6-9,11H2,1-3H3. The van der Waals surface area contributed by atoms with Gasteiger partial charge in [-0.2, -0.15) is 0 Å². The Morgan fingerprint density at radius 1 is 1.47 bits per heavy atom. The lowest BCUT2D eigenvalue weighted by Crippen LogP contribution is -2.27. The second kappa shape index (κ2) is 6.53. The third-order valence-electron chi connectivity index (χ3n) is 3.76. The molecule has 0 radical (unpaired) electrons. The molecule has 0 saturated carbocycles. The average molecular weight is 280 g/mol. The van der Waals surface area contributed by atoms with Crippen molar-refractivity contribution in [2.45, 2.75) is 32.4 Å². The van der Waals surface area contributed by atoms with E-state index in [1.807, 2.05) is 0 Å². The van der Waals surface area contributed by atoms with E-state index >= 15 is 0 Å². The van der Waals surface area contributed by atoms with Crippen molar-refractivity contribution < 1.29 is 4.21 Å². The summed E-state index contributed by atoms with van der Waals surface area (Å²) < 4.78 is 11.1. The highest BCUT2D eigenvalue weighted by molar-refractivity contribution is 7.84. The summed E-state index contributed by atoms with van der Waals surface area (Å²) in [5.41, 5.74) is 4.18. The molecule has 4 heteroatoms. The lowest BCUT2D eigenvalue weighted by atomic mass is 10.1. The first-order valence-electron chi connectivity index (χ1n) is 6.92. The van der Waals surface area contributed by atoms with Crippen LogP contribution in [-0.4, -0.2) is 35.9 Å². The number of likely N-dealkylation sites (N-methyl/N-ethyl adjacent to an activating group) is 1. The van der Waals surface area contributed by atoms with Crippen molar-refractivity contribution in [1.82, 2.24) is 5.32 Å². The molecule has 0 bridgehead atoms. The zero-order valence-corrected chi connectivity index (χ0v) is 12.9. The molecule has 1 heterocycles. The first-order chi connectivity index (χ1) is 9.06. The summed E-state index contributed by atoms with van der Waals surface area (Å²) >= 11 is 0. The van der Waals surface area contributed by atoms with Crippen LogP contribution in [0.15, 0.2) is 18.2 Å². The highest BCUT2D eigenvalue weighted by Gasteiger charge is 2.15. The number of nitrogens with zero attached hydrogens (tertiary/aromatic N) is 1. The lowest BCUT2D eigenvalue weighted by Gasteiger charge is -2.15. The first kappa shape index (κ1) is 14.5. The summed E-state index contributed by atoms with van der Waals surface area (Å²) in [7, 11) is 1.47. The molecular formula is C15H24N2OS. The molecule has 1 aliphatic rings. The Bertz CT molecular complexity index is 461. The molecule has 1 aromatic rings. The number of fused-ring (bicyclic) bond motifs is 1. The number of nitrogens with one attached hydrogen (secondary N) is 1. The fourth-order valence-corrected chi connectivity index (χ4v) is 3.15. The molecular weight excluding hydrogens is 256 g/mol. The van der Waals surface area contributed by atoms with E-state index in [1.54, 1.807) is 6.26 Å². The van der Waals surface area contributed by atoms with Crippen LogP contribution in [0.3, 0.4) is 0 Å². The molecule has 2 atom stereocenters. The van der Waals surface area contributed by atoms with Crippen molar-refractivity contribution in [1.29, 1.82) is 0 Å². The highest BCUT2D eigenvalue weighted by atomic mass is 32.2. The van der Waals surface area contributed by atoms with Crippen LogP contribution < -0.4 is 10.2 Å². The number of hydrogen-bond donors (Lipinski definition) is 1. The maximum Gasteiger partial charge on any atom is 0.0397 e. The third kappa shape index (κ3) is 4.05. The molecule has 0 spiro atoms. The van der Waals surface area contributed by atoms with E-state index in [-0.39, 0.29) is 0 Å². The number of hydrogen-bond acceptors (Lipinski definition) is 3. The summed E-state index contributed by atoms with van der Waals surface area (Å²) in [5, 5.41) is 3.51. The quantitative estimate of drug-likeness (QED) is 0.864. The van der Waals surface area contributed by atoms with Gasteiger partial charge in [-0.25, -0.2) is 0 Å². The Hall–Kier alpha value is -0.870. The molecule has 1 aromatic carbocycles. The second-order valence-electron chi connectivity index (χ2n) is 5.48. The maximum atomic E-state index is 11.1. The number of benzene rings is 1. The average Bonchev–Trinajstić information content (AvgIpc) is 2.75. The highest BCUT2D eigenvalue weighted by Crippen LogP contribution is 2.27. The fraction of sp³-hybridized carbons (Fsp3) is 0.600. The van der Waals surface area contributed by atoms with E-state index < -0.39 is 10.8 Å². The van der Waals surface area contributed by atoms with Gasteiger partial charge >= 0.3 is 0 Å². The van der Waals surface area contributed by atoms with E-state index in [2.05, 4.69) is 42.4 Å². The monoisotopic (exact) mass is 280 g/mol. The van der Waals surface area contributed by atoms with Gasteiger partial charge in [0.25, 0.3) is 0 Å². The topological polar surface area (TPSA) is 32.3 Å². The van der Waals surface area contributed by atoms with Crippen molar-refractivity contribution in [3.63, 3.8) is 0 Å². The van der Waals surface area contributed by atoms with Crippen molar-refractivity contribution in [3.05, 3.63) is 29.3 Å². The van der Waals surface area contributed by atoms with Crippen molar-refractivity contribution in [2.24, 2.45) is 0 Å². The van der Waals surface area contributed by atoms with Gasteiger partial charge in [-0.15, -0.1) is 0 Å². The Kier molecular flexibility index (Phi) is 4.99. The van der Waals surface area contributed by atoms with Gasteiger partial charge in [0, 0.05) is 54.7 Å². The van der Waals surface area contributed by atoms with Crippen LogP contribution >= 0.6 is 0 Å². The van der Waals surface area contributed by atoms with Crippen molar-refractivity contribution in [3.8, 4) is 0 Å². The van der Waals surface area contributed by atoms with Gasteiger partial charge in [0.2, 0.25) is 0 Å². The molecule has 0 amide bonds. The molecule has 0 fully saturated rings. The van der Waals surface area contributed by atoms with Crippen LogP contribution in [0.2, 0.25) is 0 Å². The Morgan fingerprint density at radius 3 is 3.00 bits per heavy atom. The lowest BCUT2D eigenvalue weighted by molar-refractivity contribution is 0.535. The van der Waals surface area contributed by atoms with Gasteiger partial charge in [-0.05, 0) is 37.0 Å². The van der Waals surface area contributed by atoms with Crippen LogP contribution in [0.5, 0.6) is 0 Å². The molecule has 1 N–H and O–H groups in total. The first-order valence-corrected chi connectivity index (χ1v) is 8.65. The largest absolute Gasteiger partial charge is 0.374 e. The van der Waals surface area contributed by atoms with Gasteiger partial charge < -0.3 is 10.2 Å². The van der Waals surface area contributed by atoms with E-state index in [0.717, 1.165) is 31.7 Å². The van der Waals surface area contributed by atoms with Crippen LogP contribution in [0, 0.1) is 0 Å². The molecule has 3 nitrogen and oxygen atoms in total. The molecule has 106 valence electrons. The minimum Gasteiger partial charge on any atom is -0.374 e. The minimum absolute atomic E-state index is 0.417. The van der Waals surface area contributed by atoms with E-state index in [9.17, 15) is 4.21 Å². The number of rotatable bonds is 6. The number of anilines is 1. The van der Waals surface area contributed by atoms with Crippen LogP contribution in [0.1, 0.15) is 24.5 Å². The zero-order chi connectivity index (χ0) is 13.8. The SMILES string of the molecule is CC(CCS(C)=O)NCc1ccc2c(c1)CCN2C. The molecule has 0 saturated heterocycles. The third-order valence-corrected chi connectivity index (χ3v) is 4.58. The predicted molar refractivity (Wildman–Crippen MR) is 83.3 cm³/mol. The smallest absolute Gasteiger partial charge is 0.0397 e.